The quantitative estimate of drug-likeness (QED) is 0.0609. The van der Waals surface area contributed by atoms with E-state index in [1.807, 2.05) is 12.1 Å². The zero-order valence-corrected chi connectivity index (χ0v) is 47.7. The molecule has 0 aliphatic rings. The van der Waals surface area contributed by atoms with Gasteiger partial charge in [0.1, 0.15) is 0 Å². The molecule has 3 heteroatoms. The van der Waals surface area contributed by atoms with Crippen molar-refractivity contribution >= 4 is 0 Å². The Labute approximate surface area is 435 Å². The summed E-state index contributed by atoms with van der Waals surface area (Å²) >= 11 is 0. The fraction of sp³-hybridized carbons (Fsp3) is 0.909. The van der Waals surface area contributed by atoms with Crippen LogP contribution in [0.4, 0.5) is 0 Å². The number of hydrogen-bond acceptors (Lipinski definition) is 3. The molecular weight excluding hydrogens is 841 g/mol. The highest BCUT2D eigenvalue weighted by Gasteiger charge is 2.13. The van der Waals surface area contributed by atoms with Gasteiger partial charge in [-0.3, -0.25) is 0 Å². The summed E-state index contributed by atoms with van der Waals surface area (Å²) in [6.07, 6.45) is 75.3. The summed E-state index contributed by atoms with van der Waals surface area (Å²) in [5.74, 6) is 2.45. The van der Waals surface area contributed by atoms with Gasteiger partial charge in [-0.25, -0.2) is 0 Å². The first-order valence-corrected chi connectivity index (χ1v) is 32.3. The highest BCUT2D eigenvalue weighted by Crippen LogP contribution is 2.38. The van der Waals surface area contributed by atoms with Crippen LogP contribution in [0.25, 0.3) is 0 Å². The molecule has 0 spiro atoms. The Balaban J connectivity index is 2.27. The van der Waals surface area contributed by atoms with E-state index in [1.54, 1.807) is 0 Å². The summed E-state index contributed by atoms with van der Waals surface area (Å²) in [4.78, 5) is 0. The lowest BCUT2D eigenvalue weighted by atomic mass is 10.0. The number of hydrogen-bond donors (Lipinski definition) is 0. The van der Waals surface area contributed by atoms with Crippen molar-refractivity contribution in [3.63, 3.8) is 0 Å². The minimum absolute atomic E-state index is 0.730. The van der Waals surface area contributed by atoms with Gasteiger partial charge in [0.15, 0.2) is 11.5 Å². The van der Waals surface area contributed by atoms with Gasteiger partial charge in [0.05, 0.1) is 19.8 Å². The van der Waals surface area contributed by atoms with Gasteiger partial charge in [0.2, 0.25) is 5.75 Å². The SMILES string of the molecule is CCCCCCCCCCCCCCCCCCCCOc1c[c]cc(OCCCCCCCCCCCCCCCCCCCC)c1OCCCCCCCCCCCCCCCCCCCC. The minimum Gasteiger partial charge on any atom is -0.490 e. The fourth-order valence-corrected chi connectivity index (χ4v) is 10.4. The molecule has 0 amide bonds. The Morgan fingerprint density at radius 2 is 0.377 bits per heavy atom. The average molecular weight is 967 g/mol. The summed E-state index contributed by atoms with van der Waals surface area (Å²) in [6, 6.07) is 7.27. The molecular formula is C66H125O3. The molecule has 407 valence electrons. The molecule has 0 bridgehead atoms. The van der Waals surface area contributed by atoms with Gasteiger partial charge in [-0.1, -0.05) is 348 Å². The molecule has 1 aromatic carbocycles. The van der Waals surface area contributed by atoms with Gasteiger partial charge >= 0.3 is 0 Å². The number of benzene rings is 1. The molecule has 0 atom stereocenters. The second-order valence-corrected chi connectivity index (χ2v) is 22.1. The van der Waals surface area contributed by atoms with E-state index in [2.05, 4.69) is 26.8 Å². The van der Waals surface area contributed by atoms with Crippen molar-refractivity contribution in [2.24, 2.45) is 0 Å². The maximum absolute atomic E-state index is 6.51. The number of unbranched alkanes of at least 4 members (excludes halogenated alkanes) is 51. The van der Waals surface area contributed by atoms with Crippen molar-refractivity contribution in [1.82, 2.24) is 0 Å². The lowest BCUT2D eigenvalue weighted by Crippen LogP contribution is -2.06. The smallest absolute Gasteiger partial charge is 0.203 e. The Bertz CT molecular complexity index is 1030. The molecule has 0 aliphatic carbocycles. The van der Waals surface area contributed by atoms with Crippen molar-refractivity contribution in [2.75, 3.05) is 19.8 Å². The molecule has 0 aliphatic heterocycles. The molecule has 0 aromatic heterocycles. The Hall–Kier alpha value is -1.38. The van der Waals surface area contributed by atoms with Crippen molar-refractivity contribution < 1.29 is 14.2 Å². The predicted octanol–water partition coefficient (Wildman–Crippen LogP) is 23.7. The van der Waals surface area contributed by atoms with Crippen LogP contribution < -0.4 is 14.2 Å². The summed E-state index contributed by atoms with van der Waals surface area (Å²) in [5.41, 5.74) is 0. The van der Waals surface area contributed by atoms with Gasteiger partial charge in [-0.2, -0.15) is 0 Å². The van der Waals surface area contributed by atoms with Gasteiger partial charge in [-0.15, -0.1) is 0 Å². The van der Waals surface area contributed by atoms with Crippen LogP contribution in [0.5, 0.6) is 17.2 Å². The standard InChI is InChI=1S/C66H125O3/c1-4-7-10-13-16-19-22-25-28-31-34-37-40-43-46-49-52-55-61-67-64-59-58-60-65(68-62-56-53-50-47-44-41-38-35-32-29-26-23-20-17-14-11-8-5-2)66(64)69-63-57-54-51-48-45-42-39-36-33-30-27-24-21-18-15-12-9-6-3/h59-60H,4-57,61-63H2,1-3H3. The molecule has 0 unspecified atom stereocenters. The molecule has 0 fully saturated rings. The van der Waals surface area contributed by atoms with Crippen LogP contribution in [0.1, 0.15) is 367 Å². The molecule has 1 radical (unpaired) electrons. The minimum atomic E-state index is 0.730. The first-order chi connectivity index (χ1) is 34.3. The van der Waals surface area contributed by atoms with E-state index in [9.17, 15) is 0 Å². The van der Waals surface area contributed by atoms with Crippen molar-refractivity contribution in [2.45, 2.75) is 367 Å². The Kier molecular flexibility index (Phi) is 54.7. The van der Waals surface area contributed by atoms with E-state index in [0.29, 0.717) is 0 Å². The largest absolute Gasteiger partial charge is 0.490 e. The van der Waals surface area contributed by atoms with E-state index < -0.39 is 0 Å². The zero-order chi connectivity index (χ0) is 49.3. The Morgan fingerprint density at radius 3 is 0.565 bits per heavy atom. The predicted molar refractivity (Wildman–Crippen MR) is 308 cm³/mol. The molecule has 0 saturated carbocycles. The molecule has 0 saturated heterocycles. The van der Waals surface area contributed by atoms with Gasteiger partial charge < -0.3 is 14.2 Å². The van der Waals surface area contributed by atoms with Crippen LogP contribution in [0, 0.1) is 6.07 Å². The molecule has 3 nitrogen and oxygen atoms in total. The Morgan fingerprint density at radius 1 is 0.217 bits per heavy atom. The summed E-state index contributed by atoms with van der Waals surface area (Å²) in [5, 5.41) is 0. The van der Waals surface area contributed by atoms with E-state index in [-0.39, 0.29) is 0 Å². The van der Waals surface area contributed by atoms with Crippen LogP contribution in [0.2, 0.25) is 0 Å². The van der Waals surface area contributed by atoms with Crippen molar-refractivity contribution in [3.05, 3.63) is 18.2 Å². The first kappa shape index (κ1) is 65.6. The maximum Gasteiger partial charge on any atom is 0.203 e. The van der Waals surface area contributed by atoms with E-state index in [1.165, 1.54) is 327 Å². The van der Waals surface area contributed by atoms with Crippen LogP contribution >= 0.6 is 0 Å². The van der Waals surface area contributed by atoms with Crippen molar-refractivity contribution in [3.8, 4) is 17.2 Å². The summed E-state index contributed by atoms with van der Waals surface area (Å²) in [7, 11) is 0. The van der Waals surface area contributed by atoms with Crippen LogP contribution in [0.15, 0.2) is 12.1 Å². The van der Waals surface area contributed by atoms with Gasteiger partial charge in [-0.05, 0) is 37.5 Å². The lowest BCUT2D eigenvalue weighted by Gasteiger charge is -2.17. The van der Waals surface area contributed by atoms with Crippen LogP contribution in [0.3, 0.4) is 0 Å². The third-order valence-electron chi connectivity index (χ3n) is 15.1. The first-order valence-electron chi connectivity index (χ1n) is 32.3. The molecule has 1 aromatic rings. The van der Waals surface area contributed by atoms with Crippen LogP contribution in [-0.2, 0) is 0 Å². The normalized spacial score (nSPS) is 11.5. The fourth-order valence-electron chi connectivity index (χ4n) is 10.4. The number of ether oxygens (including phenoxy) is 3. The van der Waals surface area contributed by atoms with Gasteiger partial charge in [0, 0.05) is 0 Å². The van der Waals surface area contributed by atoms with Gasteiger partial charge in [0.25, 0.3) is 0 Å². The summed E-state index contributed by atoms with van der Waals surface area (Å²) in [6.45, 7) is 9.14. The second kappa shape index (κ2) is 57.5. The highest BCUT2D eigenvalue weighted by atomic mass is 16.5. The van der Waals surface area contributed by atoms with Crippen LogP contribution in [-0.4, -0.2) is 19.8 Å². The zero-order valence-electron chi connectivity index (χ0n) is 47.7. The van der Waals surface area contributed by atoms with E-state index in [4.69, 9.17) is 14.2 Å². The highest BCUT2D eigenvalue weighted by molar-refractivity contribution is 5.50. The summed E-state index contributed by atoms with van der Waals surface area (Å²) < 4.78 is 19.3. The van der Waals surface area contributed by atoms with E-state index in [0.717, 1.165) is 56.3 Å². The van der Waals surface area contributed by atoms with E-state index >= 15 is 0 Å². The second-order valence-electron chi connectivity index (χ2n) is 22.1. The topological polar surface area (TPSA) is 27.7 Å². The molecule has 0 heterocycles. The molecule has 1 rings (SSSR count). The molecule has 69 heavy (non-hydrogen) atoms. The average Bonchev–Trinajstić information content (AvgIpc) is 3.36. The van der Waals surface area contributed by atoms with Crippen molar-refractivity contribution in [1.29, 1.82) is 0 Å². The lowest BCUT2D eigenvalue weighted by molar-refractivity contribution is 0.234. The number of rotatable bonds is 60. The maximum atomic E-state index is 6.51. The third-order valence-corrected chi connectivity index (χ3v) is 15.1. The third kappa shape index (κ3) is 48.6. The molecule has 0 N–H and O–H groups in total. The monoisotopic (exact) mass is 966 g/mol.